The van der Waals surface area contributed by atoms with Crippen LogP contribution in [-0.2, 0) is 21.0 Å². The van der Waals surface area contributed by atoms with Gasteiger partial charge in [-0.25, -0.2) is 0 Å². The number of nitrogens with one attached hydrogen (secondary N) is 1. The van der Waals surface area contributed by atoms with Crippen molar-refractivity contribution in [3.63, 3.8) is 0 Å². The summed E-state index contributed by atoms with van der Waals surface area (Å²) in [6, 6.07) is 16.1. The van der Waals surface area contributed by atoms with Crippen LogP contribution in [0.25, 0.3) is 0 Å². The van der Waals surface area contributed by atoms with Crippen LogP contribution in [-0.4, -0.2) is 28.8 Å². The zero-order valence-corrected chi connectivity index (χ0v) is 15.5. The third kappa shape index (κ3) is 3.55. The van der Waals surface area contributed by atoms with Crippen LogP contribution in [0.1, 0.15) is 53.1 Å². The van der Waals surface area contributed by atoms with Crippen molar-refractivity contribution >= 4 is 17.7 Å². The lowest BCUT2D eigenvalue weighted by atomic mass is 9.88. The minimum Gasteiger partial charge on any atom is -0.352 e. The maximum absolute atomic E-state index is 13.1. The second kappa shape index (κ2) is 7.94. The molecular formula is C22H22N2O4. The highest BCUT2D eigenvalue weighted by molar-refractivity contribution is 6.18. The highest BCUT2D eigenvalue weighted by atomic mass is 16.7. The van der Waals surface area contributed by atoms with Crippen molar-refractivity contribution in [3.8, 4) is 0 Å². The van der Waals surface area contributed by atoms with E-state index in [-0.39, 0.29) is 18.6 Å². The van der Waals surface area contributed by atoms with E-state index >= 15 is 0 Å². The normalized spacial score (nSPS) is 19.6. The van der Waals surface area contributed by atoms with E-state index in [1.54, 1.807) is 24.3 Å². The Balaban J connectivity index is 1.59. The third-order valence-corrected chi connectivity index (χ3v) is 5.30. The summed E-state index contributed by atoms with van der Waals surface area (Å²) in [7, 11) is 0. The molecule has 0 spiro atoms. The fourth-order valence-corrected chi connectivity index (χ4v) is 3.85. The van der Waals surface area contributed by atoms with Gasteiger partial charge in [0.2, 0.25) is 5.91 Å². The van der Waals surface area contributed by atoms with Crippen LogP contribution in [0.15, 0.2) is 54.6 Å². The van der Waals surface area contributed by atoms with Crippen LogP contribution in [0.3, 0.4) is 0 Å². The first-order chi connectivity index (χ1) is 13.6. The number of hydrogen-bond donors (Lipinski definition) is 1. The molecule has 1 aliphatic carbocycles. The van der Waals surface area contributed by atoms with E-state index in [1.807, 2.05) is 30.3 Å². The third-order valence-electron chi connectivity index (χ3n) is 5.30. The molecule has 6 heteroatoms. The van der Waals surface area contributed by atoms with Gasteiger partial charge in [-0.05, 0) is 30.0 Å². The molecule has 3 amide bonds. The molecule has 1 atom stereocenters. The number of carbonyl (C=O) groups is 3. The Hall–Kier alpha value is -2.99. The van der Waals surface area contributed by atoms with Crippen molar-refractivity contribution < 1.29 is 19.2 Å². The van der Waals surface area contributed by atoms with Crippen molar-refractivity contribution in [1.29, 1.82) is 0 Å². The molecule has 1 saturated carbocycles. The van der Waals surface area contributed by atoms with Crippen LogP contribution in [0, 0.1) is 0 Å². The summed E-state index contributed by atoms with van der Waals surface area (Å²) >= 11 is 0. The zero-order valence-electron chi connectivity index (χ0n) is 15.5. The molecule has 1 N–H and O–H groups in total. The standard InChI is InChI=1S/C22H22N2O4/c25-20(23-16-10-4-5-11-16)19-17-12-6-7-13-18(17)21(26)24(22(19)27)28-14-15-8-2-1-3-9-15/h1-3,6-9,12-13,16,19H,4-5,10-11,14H2,(H,23,25). The van der Waals surface area contributed by atoms with E-state index in [0.29, 0.717) is 11.1 Å². The van der Waals surface area contributed by atoms with Crippen molar-refractivity contribution in [2.24, 2.45) is 0 Å². The number of nitrogens with zero attached hydrogens (tertiary/aromatic N) is 1. The Morgan fingerprint density at radius 2 is 1.68 bits per heavy atom. The minimum atomic E-state index is -1.08. The Morgan fingerprint density at radius 1 is 1.00 bits per heavy atom. The lowest BCUT2D eigenvalue weighted by Crippen LogP contribution is -2.50. The van der Waals surface area contributed by atoms with Gasteiger partial charge in [-0.1, -0.05) is 61.4 Å². The number of imide groups is 1. The van der Waals surface area contributed by atoms with E-state index in [0.717, 1.165) is 36.3 Å². The predicted molar refractivity (Wildman–Crippen MR) is 102 cm³/mol. The van der Waals surface area contributed by atoms with E-state index in [9.17, 15) is 14.4 Å². The van der Waals surface area contributed by atoms with Gasteiger partial charge >= 0.3 is 0 Å². The van der Waals surface area contributed by atoms with E-state index in [1.165, 1.54) is 0 Å². The lowest BCUT2D eigenvalue weighted by molar-refractivity contribution is -0.177. The molecule has 0 aromatic heterocycles. The van der Waals surface area contributed by atoms with Gasteiger partial charge in [0, 0.05) is 11.6 Å². The smallest absolute Gasteiger partial charge is 0.285 e. The molecule has 0 radical (unpaired) electrons. The van der Waals surface area contributed by atoms with Gasteiger partial charge in [0.15, 0.2) is 0 Å². The molecule has 28 heavy (non-hydrogen) atoms. The Labute approximate surface area is 163 Å². The molecule has 4 rings (SSSR count). The fraction of sp³-hybridized carbons (Fsp3) is 0.318. The fourth-order valence-electron chi connectivity index (χ4n) is 3.85. The van der Waals surface area contributed by atoms with Gasteiger partial charge in [0.05, 0.1) is 0 Å². The maximum Gasteiger partial charge on any atom is 0.285 e. The zero-order chi connectivity index (χ0) is 19.5. The quantitative estimate of drug-likeness (QED) is 0.641. The lowest BCUT2D eigenvalue weighted by Gasteiger charge is -2.31. The number of hydroxylamine groups is 2. The second-order valence-electron chi connectivity index (χ2n) is 7.21. The van der Waals surface area contributed by atoms with Gasteiger partial charge in [-0.2, -0.15) is 0 Å². The summed E-state index contributed by atoms with van der Waals surface area (Å²) < 4.78 is 0. The molecule has 6 nitrogen and oxygen atoms in total. The number of fused-ring (bicyclic) bond motifs is 1. The topological polar surface area (TPSA) is 75.7 Å². The van der Waals surface area contributed by atoms with Crippen LogP contribution in [0.2, 0.25) is 0 Å². The predicted octanol–water partition coefficient (Wildman–Crippen LogP) is 2.94. The molecule has 1 heterocycles. The van der Waals surface area contributed by atoms with Crippen molar-refractivity contribution in [2.75, 3.05) is 0 Å². The summed E-state index contributed by atoms with van der Waals surface area (Å²) in [5, 5.41) is 3.72. The van der Waals surface area contributed by atoms with Crippen LogP contribution >= 0.6 is 0 Å². The summed E-state index contributed by atoms with van der Waals surface area (Å²) in [4.78, 5) is 44.3. The molecule has 2 aromatic carbocycles. The van der Waals surface area contributed by atoms with E-state index in [4.69, 9.17) is 4.84 Å². The van der Waals surface area contributed by atoms with Gasteiger partial charge in [-0.15, -0.1) is 5.06 Å². The first-order valence-corrected chi connectivity index (χ1v) is 9.59. The highest BCUT2D eigenvalue weighted by Gasteiger charge is 2.44. The van der Waals surface area contributed by atoms with Crippen LogP contribution < -0.4 is 5.32 Å². The molecule has 0 saturated heterocycles. The first kappa shape index (κ1) is 18.4. The monoisotopic (exact) mass is 378 g/mol. The molecule has 1 fully saturated rings. The van der Waals surface area contributed by atoms with E-state index < -0.39 is 17.7 Å². The number of hydrogen-bond acceptors (Lipinski definition) is 4. The number of rotatable bonds is 5. The summed E-state index contributed by atoms with van der Waals surface area (Å²) in [6.07, 6.45) is 3.98. The van der Waals surface area contributed by atoms with Crippen molar-refractivity contribution in [2.45, 2.75) is 44.2 Å². The average Bonchev–Trinajstić information content (AvgIpc) is 3.22. The van der Waals surface area contributed by atoms with Gasteiger partial charge < -0.3 is 5.32 Å². The van der Waals surface area contributed by atoms with Gasteiger partial charge in [-0.3, -0.25) is 19.2 Å². The summed E-state index contributed by atoms with van der Waals surface area (Å²) in [6.45, 7) is 0.0669. The molecule has 144 valence electrons. The van der Waals surface area contributed by atoms with Gasteiger partial charge in [0.1, 0.15) is 12.5 Å². The van der Waals surface area contributed by atoms with Crippen LogP contribution in [0.5, 0.6) is 0 Å². The Morgan fingerprint density at radius 3 is 2.43 bits per heavy atom. The Bertz CT molecular complexity index is 890. The SMILES string of the molecule is O=C(NC1CCCC1)C1C(=O)N(OCc2ccccc2)C(=O)c2ccccc21. The van der Waals surface area contributed by atoms with Crippen molar-refractivity contribution in [1.82, 2.24) is 10.4 Å². The molecule has 1 aliphatic heterocycles. The second-order valence-corrected chi connectivity index (χ2v) is 7.21. The molecule has 2 aliphatic rings. The average molecular weight is 378 g/mol. The minimum absolute atomic E-state index is 0.0669. The summed E-state index contributed by atoms with van der Waals surface area (Å²) in [5.41, 5.74) is 1.59. The first-order valence-electron chi connectivity index (χ1n) is 9.59. The number of amides is 3. The Kier molecular flexibility index (Phi) is 5.21. The molecule has 1 unspecified atom stereocenters. The van der Waals surface area contributed by atoms with E-state index in [2.05, 4.69) is 5.32 Å². The van der Waals surface area contributed by atoms with Gasteiger partial charge in [0.25, 0.3) is 11.8 Å². The number of carbonyl (C=O) groups excluding carboxylic acids is 3. The maximum atomic E-state index is 13.1. The summed E-state index contributed by atoms with van der Waals surface area (Å²) in [5.74, 6) is -2.63. The molecule has 0 bridgehead atoms. The molecular weight excluding hydrogens is 356 g/mol. The number of benzene rings is 2. The largest absolute Gasteiger partial charge is 0.352 e. The van der Waals surface area contributed by atoms with Crippen molar-refractivity contribution in [3.05, 3.63) is 71.3 Å². The van der Waals surface area contributed by atoms with Crippen LogP contribution in [0.4, 0.5) is 0 Å². The highest BCUT2D eigenvalue weighted by Crippen LogP contribution is 2.31. The molecule has 2 aromatic rings.